The molecule has 1 aromatic carbocycles. The Morgan fingerprint density at radius 2 is 2.19 bits per heavy atom. The summed E-state index contributed by atoms with van der Waals surface area (Å²) in [5.41, 5.74) is 4.76. The molecule has 0 saturated carbocycles. The van der Waals surface area contributed by atoms with E-state index in [1.165, 1.54) is 23.1 Å². The maximum Gasteiger partial charge on any atom is 0.253 e. The number of carbonyl (C=O) groups is 1. The highest BCUT2D eigenvalue weighted by Crippen LogP contribution is 2.33. The summed E-state index contributed by atoms with van der Waals surface area (Å²) in [5, 5.41) is 1.24. The molecular formula is C22H26N4O. The number of nitrogens with zero attached hydrogens (tertiary/aromatic N) is 3. The van der Waals surface area contributed by atoms with E-state index >= 15 is 0 Å². The number of hydrogen-bond donors (Lipinski definition) is 1. The van der Waals surface area contributed by atoms with Crippen molar-refractivity contribution in [3.63, 3.8) is 0 Å². The van der Waals surface area contributed by atoms with E-state index in [1.807, 2.05) is 30.4 Å². The molecule has 1 fully saturated rings. The van der Waals surface area contributed by atoms with Crippen molar-refractivity contribution in [1.29, 1.82) is 0 Å². The average Bonchev–Trinajstić information content (AvgIpc) is 3.38. The molecular weight excluding hydrogens is 336 g/mol. The molecule has 140 valence electrons. The Balaban J connectivity index is 1.41. The number of nitrogens with one attached hydrogen (secondary N) is 1. The largest absolute Gasteiger partial charge is 0.358 e. The zero-order valence-electron chi connectivity index (χ0n) is 16.0. The number of imidazole rings is 1. The van der Waals surface area contributed by atoms with Gasteiger partial charge in [0, 0.05) is 60.6 Å². The summed E-state index contributed by atoms with van der Waals surface area (Å²) >= 11 is 0. The number of fused-ring (bicyclic) bond motifs is 3. The van der Waals surface area contributed by atoms with Crippen molar-refractivity contribution in [3.8, 4) is 0 Å². The van der Waals surface area contributed by atoms with E-state index < -0.39 is 0 Å². The Labute approximate surface area is 159 Å². The summed E-state index contributed by atoms with van der Waals surface area (Å²) in [7, 11) is 2.02. The number of carbonyl (C=O) groups excluding carboxylic acids is 1. The molecule has 5 nitrogen and oxygen atoms in total. The second kappa shape index (κ2) is 6.25. The van der Waals surface area contributed by atoms with Crippen LogP contribution in [0.3, 0.4) is 0 Å². The Bertz CT molecular complexity index is 1010. The van der Waals surface area contributed by atoms with Crippen LogP contribution in [0.25, 0.3) is 10.9 Å². The first-order valence-corrected chi connectivity index (χ1v) is 10.00. The van der Waals surface area contributed by atoms with Crippen LogP contribution in [0.5, 0.6) is 0 Å². The Morgan fingerprint density at radius 1 is 1.30 bits per heavy atom. The fourth-order valence-corrected chi connectivity index (χ4v) is 4.83. The summed E-state index contributed by atoms with van der Waals surface area (Å²) in [6.07, 6.45) is 8.27. The summed E-state index contributed by atoms with van der Waals surface area (Å²) in [5.74, 6) is 2.27. The van der Waals surface area contributed by atoms with Crippen LogP contribution in [0.1, 0.15) is 53.1 Å². The summed E-state index contributed by atoms with van der Waals surface area (Å²) < 4.78 is 2.07. The molecule has 2 unspecified atom stereocenters. The SMILES string of the molecule is CC1CCc2[nH]c3ccc(C(=O)N4CCC(c5nccn5C)C4)cc3c2C1. The quantitative estimate of drug-likeness (QED) is 0.756. The van der Waals surface area contributed by atoms with Gasteiger partial charge in [0.1, 0.15) is 5.82 Å². The highest BCUT2D eigenvalue weighted by atomic mass is 16.2. The number of hydrogen-bond acceptors (Lipinski definition) is 2. The first-order chi connectivity index (χ1) is 13.1. The molecule has 5 rings (SSSR count). The number of aromatic amines is 1. The molecule has 2 aliphatic rings. The van der Waals surface area contributed by atoms with Crippen molar-refractivity contribution in [2.75, 3.05) is 13.1 Å². The van der Waals surface area contributed by atoms with Crippen LogP contribution >= 0.6 is 0 Å². The third-order valence-corrected chi connectivity index (χ3v) is 6.38. The van der Waals surface area contributed by atoms with E-state index in [9.17, 15) is 4.79 Å². The van der Waals surface area contributed by atoms with Crippen molar-refractivity contribution in [2.45, 2.75) is 38.5 Å². The van der Waals surface area contributed by atoms with E-state index in [1.54, 1.807) is 0 Å². The maximum absolute atomic E-state index is 13.1. The van der Waals surface area contributed by atoms with E-state index in [0.29, 0.717) is 11.8 Å². The zero-order valence-corrected chi connectivity index (χ0v) is 16.0. The molecule has 3 aromatic rings. The van der Waals surface area contributed by atoms with Crippen molar-refractivity contribution >= 4 is 16.8 Å². The second-order valence-electron chi connectivity index (χ2n) is 8.32. The van der Waals surface area contributed by atoms with E-state index in [0.717, 1.165) is 49.3 Å². The molecule has 0 bridgehead atoms. The molecule has 27 heavy (non-hydrogen) atoms. The average molecular weight is 362 g/mol. The fraction of sp³-hybridized carbons (Fsp3) is 0.455. The molecule has 1 amide bonds. The topological polar surface area (TPSA) is 53.9 Å². The number of rotatable bonds is 2. The lowest BCUT2D eigenvalue weighted by atomic mass is 9.87. The van der Waals surface area contributed by atoms with Crippen molar-refractivity contribution in [2.24, 2.45) is 13.0 Å². The molecule has 1 aliphatic heterocycles. The monoisotopic (exact) mass is 362 g/mol. The van der Waals surface area contributed by atoms with Crippen molar-refractivity contribution < 1.29 is 4.79 Å². The standard InChI is InChI=1S/C22H26N4O/c1-14-3-5-19-17(11-14)18-12-15(4-6-20(18)24-19)22(27)26-9-7-16(13-26)21-23-8-10-25(21)2/h4,6,8,10,12,14,16,24H,3,5,7,9,11,13H2,1-2H3. The second-order valence-corrected chi connectivity index (χ2v) is 8.32. The lowest BCUT2D eigenvalue weighted by Gasteiger charge is -2.19. The number of amides is 1. The smallest absolute Gasteiger partial charge is 0.253 e. The van der Waals surface area contributed by atoms with Crippen LogP contribution in [0.2, 0.25) is 0 Å². The van der Waals surface area contributed by atoms with Crippen LogP contribution in [0.15, 0.2) is 30.6 Å². The van der Waals surface area contributed by atoms with Crippen LogP contribution in [-0.2, 0) is 19.9 Å². The molecule has 1 saturated heterocycles. The molecule has 0 radical (unpaired) electrons. The number of aromatic nitrogens is 3. The van der Waals surface area contributed by atoms with E-state index in [4.69, 9.17) is 0 Å². The fourth-order valence-electron chi connectivity index (χ4n) is 4.83. The molecule has 1 N–H and O–H groups in total. The van der Waals surface area contributed by atoms with Crippen LogP contribution in [-0.4, -0.2) is 38.4 Å². The van der Waals surface area contributed by atoms with Gasteiger partial charge >= 0.3 is 0 Å². The zero-order chi connectivity index (χ0) is 18.5. The van der Waals surface area contributed by atoms with Gasteiger partial charge in [0.15, 0.2) is 0 Å². The minimum atomic E-state index is 0.146. The normalized spacial score (nSPS) is 22.4. The maximum atomic E-state index is 13.1. The van der Waals surface area contributed by atoms with Gasteiger partial charge < -0.3 is 14.5 Å². The van der Waals surface area contributed by atoms with Gasteiger partial charge in [-0.1, -0.05) is 6.92 Å². The minimum Gasteiger partial charge on any atom is -0.358 e. The van der Waals surface area contributed by atoms with Gasteiger partial charge in [-0.15, -0.1) is 0 Å². The van der Waals surface area contributed by atoms with Gasteiger partial charge in [-0.05, 0) is 55.4 Å². The van der Waals surface area contributed by atoms with Gasteiger partial charge in [-0.3, -0.25) is 4.79 Å². The van der Waals surface area contributed by atoms with Gasteiger partial charge in [0.2, 0.25) is 0 Å². The van der Waals surface area contributed by atoms with Crippen molar-refractivity contribution in [1.82, 2.24) is 19.4 Å². The van der Waals surface area contributed by atoms with Gasteiger partial charge in [0.05, 0.1) is 0 Å². The molecule has 0 spiro atoms. The predicted octanol–water partition coefficient (Wildman–Crippen LogP) is 3.66. The number of benzene rings is 1. The Morgan fingerprint density at radius 3 is 3.00 bits per heavy atom. The van der Waals surface area contributed by atoms with Crippen LogP contribution in [0, 0.1) is 5.92 Å². The summed E-state index contributed by atoms with van der Waals surface area (Å²) in [6.45, 7) is 3.87. The third kappa shape index (κ3) is 2.76. The Kier molecular flexibility index (Phi) is 3.85. The summed E-state index contributed by atoms with van der Waals surface area (Å²) in [4.78, 5) is 23.2. The highest BCUT2D eigenvalue weighted by molar-refractivity contribution is 5.99. The Hall–Kier alpha value is -2.56. The molecule has 2 atom stereocenters. The summed E-state index contributed by atoms with van der Waals surface area (Å²) in [6, 6.07) is 6.17. The molecule has 5 heteroatoms. The molecule has 1 aliphatic carbocycles. The number of likely N-dealkylation sites (tertiary alicyclic amines) is 1. The van der Waals surface area contributed by atoms with E-state index in [2.05, 4.69) is 33.6 Å². The predicted molar refractivity (Wildman–Crippen MR) is 106 cm³/mol. The van der Waals surface area contributed by atoms with Crippen molar-refractivity contribution in [3.05, 3.63) is 53.2 Å². The first kappa shape index (κ1) is 16.6. The molecule has 2 aromatic heterocycles. The number of H-pyrrole nitrogens is 1. The number of aryl methyl sites for hydroxylation is 2. The van der Waals surface area contributed by atoms with Gasteiger partial charge in [-0.2, -0.15) is 0 Å². The lowest BCUT2D eigenvalue weighted by molar-refractivity contribution is 0.0790. The van der Waals surface area contributed by atoms with Crippen LogP contribution in [0.4, 0.5) is 0 Å². The lowest BCUT2D eigenvalue weighted by Crippen LogP contribution is -2.28. The van der Waals surface area contributed by atoms with Gasteiger partial charge in [0.25, 0.3) is 5.91 Å². The first-order valence-electron chi connectivity index (χ1n) is 10.00. The van der Waals surface area contributed by atoms with E-state index in [-0.39, 0.29) is 5.91 Å². The minimum absolute atomic E-state index is 0.146. The third-order valence-electron chi connectivity index (χ3n) is 6.38. The highest BCUT2D eigenvalue weighted by Gasteiger charge is 2.30. The molecule has 3 heterocycles. The van der Waals surface area contributed by atoms with Gasteiger partial charge in [-0.25, -0.2) is 4.98 Å². The van der Waals surface area contributed by atoms with Crippen LogP contribution < -0.4 is 0 Å².